The molecule has 1 rings (SSSR count). The smallest absolute Gasteiger partial charge is 0.00672 e. The summed E-state index contributed by atoms with van der Waals surface area (Å²) in [6, 6.07) is 0.770. The molecule has 2 heteroatoms. The normalized spacial score (nSPS) is 30.4. The highest BCUT2D eigenvalue weighted by Crippen LogP contribution is 2.22. The fourth-order valence-corrected chi connectivity index (χ4v) is 2.66. The van der Waals surface area contributed by atoms with E-state index in [0.717, 1.165) is 18.5 Å². The third-order valence-electron chi connectivity index (χ3n) is 3.77. The zero-order valence-corrected chi connectivity index (χ0v) is 10.7. The third kappa shape index (κ3) is 4.12. The molecule has 0 aliphatic carbocycles. The van der Waals surface area contributed by atoms with Crippen LogP contribution in [0.2, 0.25) is 0 Å². The minimum Gasteiger partial charge on any atom is -0.330 e. The van der Waals surface area contributed by atoms with Crippen LogP contribution >= 0.6 is 0 Å². The topological polar surface area (TPSA) is 29.3 Å². The predicted octanol–water partition coefficient (Wildman–Crippen LogP) is 2.48. The lowest BCUT2D eigenvalue weighted by Crippen LogP contribution is -2.44. The molecule has 1 saturated heterocycles. The molecule has 3 atom stereocenters. The Bertz CT molecular complexity index is 170. The largest absolute Gasteiger partial charge is 0.330 e. The van der Waals surface area contributed by atoms with Gasteiger partial charge in [-0.2, -0.15) is 0 Å². The second-order valence-corrected chi connectivity index (χ2v) is 5.38. The second kappa shape index (κ2) is 6.49. The van der Waals surface area contributed by atoms with E-state index in [4.69, 9.17) is 5.73 Å². The molecule has 1 aliphatic heterocycles. The highest BCUT2D eigenvalue weighted by atomic mass is 15.2. The van der Waals surface area contributed by atoms with Gasteiger partial charge in [-0.15, -0.1) is 0 Å². The quantitative estimate of drug-likeness (QED) is 0.758. The van der Waals surface area contributed by atoms with Gasteiger partial charge in [-0.05, 0) is 44.6 Å². The molecule has 0 aromatic rings. The molecule has 0 aromatic heterocycles. The van der Waals surface area contributed by atoms with Gasteiger partial charge >= 0.3 is 0 Å². The van der Waals surface area contributed by atoms with Gasteiger partial charge in [-0.25, -0.2) is 0 Å². The Labute approximate surface area is 95.2 Å². The SMILES string of the molecule is CCCC(CN)CN1CC(C)CCC1C. The number of piperidine rings is 1. The van der Waals surface area contributed by atoms with Crippen LogP contribution in [0.3, 0.4) is 0 Å². The van der Waals surface area contributed by atoms with Gasteiger partial charge < -0.3 is 10.6 Å². The molecule has 15 heavy (non-hydrogen) atoms. The fraction of sp³-hybridized carbons (Fsp3) is 1.00. The average molecular weight is 212 g/mol. The lowest BCUT2D eigenvalue weighted by atomic mass is 9.93. The molecule has 1 fully saturated rings. The average Bonchev–Trinajstić information content (AvgIpc) is 2.22. The molecule has 0 amide bonds. The van der Waals surface area contributed by atoms with Gasteiger partial charge in [0.2, 0.25) is 0 Å². The molecule has 1 heterocycles. The van der Waals surface area contributed by atoms with Crippen LogP contribution in [-0.4, -0.2) is 30.6 Å². The summed E-state index contributed by atoms with van der Waals surface area (Å²) in [6.07, 6.45) is 5.32. The third-order valence-corrected chi connectivity index (χ3v) is 3.77. The molecule has 1 aliphatic rings. The lowest BCUT2D eigenvalue weighted by molar-refractivity contribution is 0.104. The lowest BCUT2D eigenvalue weighted by Gasteiger charge is -2.38. The molecule has 0 saturated carbocycles. The standard InChI is InChI=1S/C13H28N2/c1-4-5-13(8-14)10-15-9-11(2)6-7-12(15)3/h11-13H,4-10,14H2,1-3H3. The van der Waals surface area contributed by atoms with Crippen molar-refractivity contribution in [2.45, 2.75) is 52.5 Å². The van der Waals surface area contributed by atoms with Crippen LogP contribution < -0.4 is 5.73 Å². The molecule has 0 spiro atoms. The van der Waals surface area contributed by atoms with Gasteiger partial charge in [0.05, 0.1) is 0 Å². The second-order valence-electron chi connectivity index (χ2n) is 5.38. The Hall–Kier alpha value is -0.0800. The van der Waals surface area contributed by atoms with E-state index in [1.165, 1.54) is 38.8 Å². The fourth-order valence-electron chi connectivity index (χ4n) is 2.66. The van der Waals surface area contributed by atoms with Crippen molar-refractivity contribution in [2.75, 3.05) is 19.6 Å². The van der Waals surface area contributed by atoms with Gasteiger partial charge in [0.25, 0.3) is 0 Å². The van der Waals surface area contributed by atoms with Crippen molar-refractivity contribution in [1.82, 2.24) is 4.90 Å². The summed E-state index contributed by atoms with van der Waals surface area (Å²) in [6.45, 7) is 10.3. The molecule has 0 radical (unpaired) electrons. The first-order valence-electron chi connectivity index (χ1n) is 6.61. The molecule has 90 valence electrons. The van der Waals surface area contributed by atoms with Crippen LogP contribution in [0.5, 0.6) is 0 Å². The molecule has 2 nitrogen and oxygen atoms in total. The Balaban J connectivity index is 2.39. The summed E-state index contributed by atoms with van der Waals surface area (Å²) in [5.74, 6) is 1.59. The molecule has 0 bridgehead atoms. The molecule has 0 aromatic carbocycles. The van der Waals surface area contributed by atoms with Gasteiger partial charge in [0.1, 0.15) is 0 Å². The number of nitrogens with two attached hydrogens (primary N) is 1. The zero-order chi connectivity index (χ0) is 11.3. The first kappa shape index (κ1) is 13.0. The van der Waals surface area contributed by atoms with Crippen molar-refractivity contribution in [3.63, 3.8) is 0 Å². The summed E-state index contributed by atoms with van der Waals surface area (Å²) in [5, 5.41) is 0. The minimum atomic E-state index is 0.711. The van der Waals surface area contributed by atoms with Gasteiger partial charge in [-0.3, -0.25) is 0 Å². The van der Waals surface area contributed by atoms with Crippen LogP contribution in [0.4, 0.5) is 0 Å². The first-order valence-corrected chi connectivity index (χ1v) is 6.61. The maximum absolute atomic E-state index is 5.83. The van der Waals surface area contributed by atoms with E-state index >= 15 is 0 Å². The van der Waals surface area contributed by atoms with E-state index in [1.54, 1.807) is 0 Å². The predicted molar refractivity (Wildman–Crippen MR) is 66.9 cm³/mol. The van der Waals surface area contributed by atoms with Crippen molar-refractivity contribution in [2.24, 2.45) is 17.6 Å². The number of hydrogen-bond acceptors (Lipinski definition) is 2. The summed E-state index contributed by atoms with van der Waals surface area (Å²) in [5.41, 5.74) is 5.83. The van der Waals surface area contributed by atoms with Crippen molar-refractivity contribution < 1.29 is 0 Å². The maximum Gasteiger partial charge on any atom is 0.00672 e. The number of hydrogen-bond donors (Lipinski definition) is 1. The van der Waals surface area contributed by atoms with Gasteiger partial charge in [0, 0.05) is 19.1 Å². The molecular weight excluding hydrogens is 184 g/mol. The molecule has 3 unspecified atom stereocenters. The first-order chi connectivity index (χ1) is 7.17. The van der Waals surface area contributed by atoms with Crippen molar-refractivity contribution in [1.29, 1.82) is 0 Å². The zero-order valence-electron chi connectivity index (χ0n) is 10.7. The van der Waals surface area contributed by atoms with Crippen LogP contribution in [0.1, 0.15) is 46.5 Å². The Morgan fingerprint density at radius 2 is 2.07 bits per heavy atom. The summed E-state index contributed by atoms with van der Waals surface area (Å²) >= 11 is 0. The van der Waals surface area contributed by atoms with E-state index in [9.17, 15) is 0 Å². The van der Waals surface area contributed by atoms with Crippen LogP contribution in [0, 0.1) is 11.8 Å². The Morgan fingerprint density at radius 3 is 2.67 bits per heavy atom. The molecule has 2 N–H and O–H groups in total. The minimum absolute atomic E-state index is 0.711. The van der Waals surface area contributed by atoms with E-state index < -0.39 is 0 Å². The summed E-state index contributed by atoms with van der Waals surface area (Å²) in [4.78, 5) is 2.65. The Kier molecular flexibility index (Phi) is 5.62. The van der Waals surface area contributed by atoms with E-state index in [1.807, 2.05) is 0 Å². The van der Waals surface area contributed by atoms with E-state index in [0.29, 0.717) is 5.92 Å². The highest BCUT2D eigenvalue weighted by Gasteiger charge is 2.24. The summed E-state index contributed by atoms with van der Waals surface area (Å²) in [7, 11) is 0. The Morgan fingerprint density at radius 1 is 1.33 bits per heavy atom. The van der Waals surface area contributed by atoms with Crippen LogP contribution in [0.15, 0.2) is 0 Å². The van der Waals surface area contributed by atoms with Crippen LogP contribution in [0.25, 0.3) is 0 Å². The van der Waals surface area contributed by atoms with Gasteiger partial charge in [0.15, 0.2) is 0 Å². The number of likely N-dealkylation sites (tertiary alicyclic amines) is 1. The highest BCUT2D eigenvalue weighted by molar-refractivity contribution is 4.79. The molecular formula is C13H28N2. The van der Waals surface area contributed by atoms with E-state index in [2.05, 4.69) is 25.7 Å². The van der Waals surface area contributed by atoms with Crippen LogP contribution in [-0.2, 0) is 0 Å². The van der Waals surface area contributed by atoms with Crippen molar-refractivity contribution in [3.8, 4) is 0 Å². The summed E-state index contributed by atoms with van der Waals surface area (Å²) < 4.78 is 0. The maximum atomic E-state index is 5.83. The van der Waals surface area contributed by atoms with Crippen molar-refractivity contribution in [3.05, 3.63) is 0 Å². The number of rotatable bonds is 5. The van der Waals surface area contributed by atoms with E-state index in [-0.39, 0.29) is 0 Å². The monoisotopic (exact) mass is 212 g/mol. The van der Waals surface area contributed by atoms with Crippen molar-refractivity contribution >= 4 is 0 Å². The number of nitrogens with zero attached hydrogens (tertiary/aromatic N) is 1. The van der Waals surface area contributed by atoms with Gasteiger partial charge in [-0.1, -0.05) is 20.3 Å².